The van der Waals surface area contributed by atoms with Gasteiger partial charge in [0.1, 0.15) is 0 Å². The Morgan fingerprint density at radius 3 is 1.93 bits per heavy atom. The monoisotopic (exact) mass is 199 g/mol. The summed E-state index contributed by atoms with van der Waals surface area (Å²) in [6, 6.07) is 0. The quantitative estimate of drug-likeness (QED) is 0.577. The maximum Gasteiger partial charge on any atom is 0.250 e. The molecule has 3 N–H and O–H groups in total. The zero-order valence-corrected chi connectivity index (χ0v) is 8.62. The SMILES string of the molecule is CN(C)CCCN.O=C1C=CC(=O)N1. The number of hydrogen-bond donors (Lipinski definition) is 2. The van der Waals surface area contributed by atoms with Gasteiger partial charge in [-0.25, -0.2) is 0 Å². The largest absolute Gasteiger partial charge is 0.330 e. The first-order valence-corrected chi connectivity index (χ1v) is 4.44. The van der Waals surface area contributed by atoms with Crippen LogP contribution in [0.3, 0.4) is 0 Å². The minimum absolute atomic E-state index is 0.329. The van der Waals surface area contributed by atoms with Crippen LogP contribution in [0, 0.1) is 0 Å². The van der Waals surface area contributed by atoms with Crippen LogP contribution >= 0.6 is 0 Å². The number of hydrogen-bond acceptors (Lipinski definition) is 4. The van der Waals surface area contributed by atoms with Crippen molar-refractivity contribution in [1.82, 2.24) is 10.2 Å². The second-order valence-electron chi connectivity index (χ2n) is 3.13. The van der Waals surface area contributed by atoms with Gasteiger partial charge in [-0.15, -0.1) is 0 Å². The lowest BCUT2D eigenvalue weighted by Gasteiger charge is -2.05. The van der Waals surface area contributed by atoms with Gasteiger partial charge in [-0.1, -0.05) is 0 Å². The third-order valence-corrected chi connectivity index (χ3v) is 1.44. The van der Waals surface area contributed by atoms with Crippen LogP contribution in [0.1, 0.15) is 6.42 Å². The van der Waals surface area contributed by atoms with E-state index in [0.29, 0.717) is 0 Å². The Kier molecular flexibility index (Phi) is 6.61. The lowest BCUT2D eigenvalue weighted by atomic mass is 10.4. The number of carbonyl (C=O) groups is 2. The van der Waals surface area contributed by atoms with Crippen LogP contribution < -0.4 is 11.1 Å². The molecule has 0 radical (unpaired) electrons. The van der Waals surface area contributed by atoms with Crippen molar-refractivity contribution in [2.45, 2.75) is 6.42 Å². The molecular weight excluding hydrogens is 182 g/mol. The van der Waals surface area contributed by atoms with Gasteiger partial charge in [-0.2, -0.15) is 0 Å². The molecule has 0 aromatic rings. The summed E-state index contributed by atoms with van der Waals surface area (Å²) < 4.78 is 0. The molecule has 1 rings (SSSR count). The van der Waals surface area contributed by atoms with Gasteiger partial charge in [0.15, 0.2) is 0 Å². The van der Waals surface area contributed by atoms with Crippen molar-refractivity contribution < 1.29 is 9.59 Å². The van der Waals surface area contributed by atoms with E-state index in [4.69, 9.17) is 5.73 Å². The molecule has 0 saturated carbocycles. The topological polar surface area (TPSA) is 75.4 Å². The molecule has 1 aliphatic heterocycles. The van der Waals surface area contributed by atoms with Crippen LogP contribution in [0.2, 0.25) is 0 Å². The lowest BCUT2D eigenvalue weighted by Crippen LogP contribution is -2.19. The van der Waals surface area contributed by atoms with E-state index >= 15 is 0 Å². The molecule has 0 unspecified atom stereocenters. The van der Waals surface area contributed by atoms with E-state index in [9.17, 15) is 9.59 Å². The van der Waals surface area contributed by atoms with Crippen LogP contribution in [-0.2, 0) is 9.59 Å². The fourth-order valence-electron chi connectivity index (χ4n) is 0.764. The smallest absolute Gasteiger partial charge is 0.250 e. The molecule has 0 aliphatic carbocycles. The highest BCUT2D eigenvalue weighted by molar-refractivity contribution is 6.12. The highest BCUT2D eigenvalue weighted by Crippen LogP contribution is 1.82. The molecule has 0 aromatic heterocycles. The molecule has 2 amide bonds. The number of imide groups is 1. The molecule has 0 aromatic carbocycles. The molecule has 5 heteroatoms. The zero-order chi connectivity index (χ0) is 11.0. The Morgan fingerprint density at radius 1 is 1.29 bits per heavy atom. The van der Waals surface area contributed by atoms with Crippen molar-refractivity contribution >= 4 is 11.8 Å². The Balaban J connectivity index is 0.000000241. The van der Waals surface area contributed by atoms with Gasteiger partial charge in [0, 0.05) is 12.2 Å². The van der Waals surface area contributed by atoms with E-state index < -0.39 is 0 Å². The van der Waals surface area contributed by atoms with E-state index in [1.807, 2.05) is 5.32 Å². The molecule has 0 spiro atoms. The summed E-state index contributed by atoms with van der Waals surface area (Å²) in [5, 5.41) is 2.03. The standard InChI is InChI=1S/C5H14N2.C4H3NO2/c1-7(2)5-3-4-6;6-3-1-2-4(7)5-3/h3-6H2,1-2H3;1-2H,(H,5,6,7). The van der Waals surface area contributed by atoms with Crippen molar-refractivity contribution in [1.29, 1.82) is 0 Å². The third-order valence-electron chi connectivity index (χ3n) is 1.44. The molecule has 80 valence electrons. The van der Waals surface area contributed by atoms with Crippen LogP contribution in [0.15, 0.2) is 12.2 Å². The normalized spacial score (nSPS) is 14.0. The zero-order valence-electron chi connectivity index (χ0n) is 8.62. The number of carbonyl (C=O) groups excluding carboxylic acids is 2. The van der Waals surface area contributed by atoms with Crippen LogP contribution in [0.25, 0.3) is 0 Å². The lowest BCUT2D eigenvalue weighted by molar-refractivity contribution is -0.123. The van der Waals surface area contributed by atoms with Crippen LogP contribution in [0.5, 0.6) is 0 Å². The second kappa shape index (κ2) is 7.23. The maximum atomic E-state index is 10.0. The number of nitrogens with zero attached hydrogens (tertiary/aromatic N) is 1. The average molecular weight is 199 g/mol. The minimum Gasteiger partial charge on any atom is -0.330 e. The second-order valence-corrected chi connectivity index (χ2v) is 3.13. The van der Waals surface area contributed by atoms with E-state index in [1.165, 1.54) is 12.2 Å². The van der Waals surface area contributed by atoms with Gasteiger partial charge < -0.3 is 10.6 Å². The Labute approximate surface area is 83.9 Å². The number of amides is 2. The molecule has 0 atom stereocenters. The van der Waals surface area contributed by atoms with Gasteiger partial charge in [0.2, 0.25) is 0 Å². The van der Waals surface area contributed by atoms with Gasteiger partial charge in [0.05, 0.1) is 0 Å². The highest BCUT2D eigenvalue weighted by Gasteiger charge is 2.06. The molecule has 0 saturated heterocycles. The number of nitrogens with two attached hydrogens (primary N) is 1. The Hall–Kier alpha value is -1.20. The Morgan fingerprint density at radius 2 is 1.79 bits per heavy atom. The molecule has 5 nitrogen and oxygen atoms in total. The Bertz CT molecular complexity index is 208. The van der Waals surface area contributed by atoms with Gasteiger partial charge in [0.25, 0.3) is 11.8 Å². The molecule has 1 heterocycles. The third kappa shape index (κ3) is 7.45. The van der Waals surface area contributed by atoms with Crippen molar-refractivity contribution in [3.63, 3.8) is 0 Å². The van der Waals surface area contributed by atoms with Crippen molar-refractivity contribution in [2.75, 3.05) is 27.2 Å². The molecule has 0 bridgehead atoms. The first-order chi connectivity index (χ1) is 6.56. The van der Waals surface area contributed by atoms with E-state index in [1.54, 1.807) is 0 Å². The summed E-state index contributed by atoms with van der Waals surface area (Å²) in [6.07, 6.45) is 3.50. The van der Waals surface area contributed by atoms with Gasteiger partial charge in [-0.05, 0) is 33.6 Å². The number of nitrogens with one attached hydrogen (secondary N) is 1. The predicted octanol–water partition coefficient (Wildman–Crippen LogP) is -0.904. The van der Waals surface area contributed by atoms with Crippen molar-refractivity contribution in [2.24, 2.45) is 5.73 Å². The maximum absolute atomic E-state index is 10.0. The van der Waals surface area contributed by atoms with Crippen LogP contribution in [-0.4, -0.2) is 43.9 Å². The van der Waals surface area contributed by atoms with E-state index in [-0.39, 0.29) is 11.8 Å². The van der Waals surface area contributed by atoms with E-state index in [0.717, 1.165) is 19.5 Å². The summed E-state index contributed by atoms with van der Waals surface area (Å²) in [5.41, 5.74) is 5.25. The summed E-state index contributed by atoms with van der Waals surface area (Å²) in [6.45, 7) is 1.91. The highest BCUT2D eigenvalue weighted by atomic mass is 16.2. The molecular formula is C9H17N3O2. The van der Waals surface area contributed by atoms with Crippen molar-refractivity contribution in [3.8, 4) is 0 Å². The van der Waals surface area contributed by atoms with E-state index in [2.05, 4.69) is 19.0 Å². The summed E-state index contributed by atoms with van der Waals surface area (Å²) in [4.78, 5) is 22.2. The molecule has 0 fully saturated rings. The fraction of sp³-hybridized carbons (Fsp3) is 0.556. The molecule has 14 heavy (non-hydrogen) atoms. The number of rotatable bonds is 3. The molecule has 1 aliphatic rings. The predicted molar refractivity (Wildman–Crippen MR) is 54.5 cm³/mol. The van der Waals surface area contributed by atoms with Gasteiger partial charge >= 0.3 is 0 Å². The van der Waals surface area contributed by atoms with Gasteiger partial charge in [-0.3, -0.25) is 14.9 Å². The first-order valence-electron chi connectivity index (χ1n) is 4.44. The summed E-state index contributed by atoms with van der Waals surface area (Å²) >= 11 is 0. The minimum atomic E-state index is -0.329. The fourth-order valence-corrected chi connectivity index (χ4v) is 0.764. The van der Waals surface area contributed by atoms with Crippen LogP contribution in [0.4, 0.5) is 0 Å². The first kappa shape index (κ1) is 12.8. The summed E-state index contributed by atoms with van der Waals surface area (Å²) in [5.74, 6) is -0.657. The average Bonchev–Trinajstić information content (AvgIpc) is 2.47. The van der Waals surface area contributed by atoms with Crippen molar-refractivity contribution in [3.05, 3.63) is 12.2 Å². The summed E-state index contributed by atoms with van der Waals surface area (Å²) in [7, 11) is 4.10.